The van der Waals surface area contributed by atoms with Crippen molar-refractivity contribution in [3.05, 3.63) is 45.9 Å². The molecule has 1 heterocycles. The molecule has 0 aliphatic rings. The van der Waals surface area contributed by atoms with E-state index in [1.165, 1.54) is 29.5 Å². The Balaban J connectivity index is 2.19. The number of benzene rings is 1. The molecule has 2 rings (SSSR count). The van der Waals surface area contributed by atoms with Gasteiger partial charge in [0.05, 0.1) is 6.07 Å². The molecule has 0 N–H and O–H groups in total. The first kappa shape index (κ1) is 16.0. The van der Waals surface area contributed by atoms with Crippen LogP contribution in [0.2, 0.25) is 0 Å². The molecule has 7 heteroatoms. The monoisotopic (exact) mass is 322 g/mol. The first-order chi connectivity index (χ1) is 10.5. The quantitative estimate of drug-likeness (QED) is 0.817. The van der Waals surface area contributed by atoms with E-state index in [0.29, 0.717) is 10.6 Å². The summed E-state index contributed by atoms with van der Waals surface area (Å²) in [4.78, 5) is 16.4. The third kappa shape index (κ3) is 3.86. The average Bonchev–Trinajstić information content (AvgIpc) is 2.87. The van der Waals surface area contributed by atoms with Gasteiger partial charge in [-0.1, -0.05) is 18.2 Å². The number of thiazole rings is 1. The molecule has 0 saturated heterocycles. The summed E-state index contributed by atoms with van der Waals surface area (Å²) in [6.45, 7) is -1.20. The summed E-state index contributed by atoms with van der Waals surface area (Å²) >= 11 is 1.23. The first-order valence-corrected chi connectivity index (χ1v) is 7.26. The predicted molar refractivity (Wildman–Crippen MR) is 77.0 cm³/mol. The van der Waals surface area contributed by atoms with E-state index in [-0.39, 0.29) is 12.2 Å². The summed E-state index contributed by atoms with van der Waals surface area (Å²) < 4.78 is 29.1. The number of rotatable bonds is 6. The Kier molecular flexibility index (Phi) is 5.17. The lowest BCUT2D eigenvalue weighted by Gasteiger charge is -2.11. The smallest absolute Gasteiger partial charge is 0.387 e. The number of hydrogen-bond acceptors (Lipinski definition) is 5. The standard InChI is InChI=1S/C15H12F2N2O2S/c1-9-8-22-14(19-9)11(7-18)12(20)6-10-4-2-3-5-13(10)21-15(16)17/h2-5,8,11,15H,6H2,1H3. The number of halogens is 2. The molecule has 22 heavy (non-hydrogen) atoms. The van der Waals surface area contributed by atoms with Crippen LogP contribution in [0.4, 0.5) is 8.78 Å². The molecule has 0 radical (unpaired) electrons. The lowest BCUT2D eigenvalue weighted by molar-refractivity contribution is -0.118. The maximum atomic E-state index is 12.4. The van der Waals surface area contributed by atoms with Crippen LogP contribution in [0.5, 0.6) is 5.75 Å². The zero-order valence-corrected chi connectivity index (χ0v) is 12.4. The van der Waals surface area contributed by atoms with Gasteiger partial charge in [0.25, 0.3) is 0 Å². The van der Waals surface area contributed by atoms with E-state index < -0.39 is 18.3 Å². The van der Waals surface area contributed by atoms with Gasteiger partial charge in [0.1, 0.15) is 10.8 Å². The van der Waals surface area contributed by atoms with Gasteiger partial charge < -0.3 is 4.74 Å². The average molecular weight is 322 g/mol. The molecule has 0 aliphatic heterocycles. The van der Waals surface area contributed by atoms with Gasteiger partial charge in [0, 0.05) is 23.1 Å². The molecule has 1 aromatic carbocycles. The highest BCUT2D eigenvalue weighted by molar-refractivity contribution is 7.09. The van der Waals surface area contributed by atoms with Crippen LogP contribution >= 0.6 is 11.3 Å². The normalized spacial score (nSPS) is 12.0. The van der Waals surface area contributed by atoms with Crippen molar-refractivity contribution in [2.24, 2.45) is 0 Å². The number of Topliss-reactive ketones (excluding diaryl/α,β-unsaturated/α-hetero) is 1. The third-order valence-electron chi connectivity index (χ3n) is 2.89. The second-order valence-corrected chi connectivity index (χ2v) is 5.41. The van der Waals surface area contributed by atoms with Crippen LogP contribution in [0.3, 0.4) is 0 Å². The minimum atomic E-state index is -2.97. The highest BCUT2D eigenvalue weighted by atomic mass is 32.1. The van der Waals surface area contributed by atoms with E-state index in [9.17, 15) is 18.8 Å². The summed E-state index contributed by atoms with van der Waals surface area (Å²) in [6.07, 6.45) is -0.167. The predicted octanol–water partition coefficient (Wildman–Crippen LogP) is 3.47. The largest absolute Gasteiger partial charge is 0.435 e. The topological polar surface area (TPSA) is 63.0 Å². The Morgan fingerprint density at radius 2 is 2.18 bits per heavy atom. The number of ether oxygens (including phenoxy) is 1. The lowest BCUT2D eigenvalue weighted by atomic mass is 9.99. The van der Waals surface area contributed by atoms with Gasteiger partial charge in [-0.15, -0.1) is 11.3 Å². The fraction of sp³-hybridized carbons (Fsp3) is 0.267. The van der Waals surface area contributed by atoms with Crippen LogP contribution in [0.25, 0.3) is 0 Å². The second-order valence-electron chi connectivity index (χ2n) is 4.52. The van der Waals surface area contributed by atoms with E-state index in [1.54, 1.807) is 18.4 Å². The van der Waals surface area contributed by atoms with Gasteiger partial charge in [-0.3, -0.25) is 4.79 Å². The maximum absolute atomic E-state index is 12.4. The number of hydrogen-bond donors (Lipinski definition) is 0. The maximum Gasteiger partial charge on any atom is 0.387 e. The van der Waals surface area contributed by atoms with E-state index in [2.05, 4.69) is 9.72 Å². The molecule has 1 atom stereocenters. The van der Waals surface area contributed by atoms with Crippen molar-refractivity contribution < 1.29 is 18.3 Å². The molecule has 0 saturated carbocycles. The summed E-state index contributed by atoms with van der Waals surface area (Å²) in [6, 6.07) is 7.97. The molecule has 0 aliphatic carbocycles. The number of carbonyl (C=O) groups excluding carboxylic acids is 1. The van der Waals surface area contributed by atoms with Crippen molar-refractivity contribution in [3.63, 3.8) is 0 Å². The number of para-hydroxylation sites is 1. The Hall–Kier alpha value is -2.33. The number of nitrogens with zero attached hydrogens (tertiary/aromatic N) is 2. The van der Waals surface area contributed by atoms with Crippen LogP contribution in [-0.4, -0.2) is 17.4 Å². The lowest BCUT2D eigenvalue weighted by Crippen LogP contribution is -2.15. The number of aryl methyl sites for hydroxylation is 1. The van der Waals surface area contributed by atoms with Crippen molar-refractivity contribution in [1.29, 1.82) is 5.26 Å². The zero-order chi connectivity index (χ0) is 16.1. The molecular weight excluding hydrogens is 310 g/mol. The van der Waals surface area contributed by atoms with Crippen LogP contribution in [0.15, 0.2) is 29.6 Å². The SMILES string of the molecule is Cc1csc(C(C#N)C(=O)Cc2ccccc2OC(F)F)n1. The molecule has 114 valence electrons. The molecule has 0 bridgehead atoms. The summed E-state index contributed by atoms with van der Waals surface area (Å²) in [5.41, 5.74) is 1.05. The van der Waals surface area contributed by atoms with Crippen LogP contribution in [-0.2, 0) is 11.2 Å². The Morgan fingerprint density at radius 3 is 2.77 bits per heavy atom. The van der Waals surface area contributed by atoms with Crippen molar-refractivity contribution in [1.82, 2.24) is 4.98 Å². The minimum absolute atomic E-state index is 0.0575. The summed E-state index contributed by atoms with van der Waals surface area (Å²) in [5, 5.41) is 11.4. The van der Waals surface area contributed by atoms with Crippen molar-refractivity contribution in [3.8, 4) is 11.8 Å². The van der Waals surface area contributed by atoms with Gasteiger partial charge in [0.2, 0.25) is 0 Å². The fourth-order valence-corrected chi connectivity index (χ4v) is 2.78. The van der Waals surface area contributed by atoms with Crippen LogP contribution in [0, 0.1) is 18.3 Å². The van der Waals surface area contributed by atoms with Crippen LogP contribution in [0.1, 0.15) is 22.2 Å². The Labute approximate surface area is 130 Å². The molecule has 0 amide bonds. The molecule has 0 spiro atoms. The van der Waals surface area contributed by atoms with Crippen LogP contribution < -0.4 is 4.74 Å². The molecule has 1 aromatic heterocycles. The number of nitriles is 1. The minimum Gasteiger partial charge on any atom is -0.435 e. The van der Waals surface area contributed by atoms with Crippen molar-refractivity contribution >= 4 is 17.1 Å². The van der Waals surface area contributed by atoms with Crippen molar-refractivity contribution in [2.45, 2.75) is 25.9 Å². The van der Waals surface area contributed by atoms with Gasteiger partial charge in [-0.05, 0) is 13.0 Å². The van der Waals surface area contributed by atoms with Gasteiger partial charge in [0.15, 0.2) is 11.7 Å². The number of aromatic nitrogens is 1. The molecule has 1 unspecified atom stereocenters. The number of alkyl halides is 2. The van der Waals surface area contributed by atoms with Gasteiger partial charge >= 0.3 is 6.61 Å². The second kappa shape index (κ2) is 7.09. The molecular formula is C15H12F2N2O2S. The third-order valence-corrected chi connectivity index (χ3v) is 3.92. The number of carbonyl (C=O) groups is 1. The van der Waals surface area contributed by atoms with E-state index in [4.69, 9.17) is 0 Å². The zero-order valence-electron chi connectivity index (χ0n) is 11.6. The molecule has 0 fully saturated rings. The highest BCUT2D eigenvalue weighted by Gasteiger charge is 2.24. The fourth-order valence-electron chi connectivity index (χ4n) is 1.92. The summed E-state index contributed by atoms with van der Waals surface area (Å²) in [5.74, 6) is -1.46. The highest BCUT2D eigenvalue weighted by Crippen LogP contribution is 2.26. The summed E-state index contributed by atoms with van der Waals surface area (Å²) in [7, 11) is 0. The Morgan fingerprint density at radius 1 is 1.45 bits per heavy atom. The molecule has 4 nitrogen and oxygen atoms in total. The van der Waals surface area contributed by atoms with Gasteiger partial charge in [-0.25, -0.2) is 4.98 Å². The van der Waals surface area contributed by atoms with E-state index in [1.807, 2.05) is 6.07 Å². The van der Waals surface area contributed by atoms with Crippen molar-refractivity contribution in [2.75, 3.05) is 0 Å². The first-order valence-electron chi connectivity index (χ1n) is 6.38. The number of ketones is 1. The van der Waals surface area contributed by atoms with E-state index in [0.717, 1.165) is 5.69 Å². The molecule has 2 aromatic rings. The Bertz CT molecular complexity index is 710. The van der Waals surface area contributed by atoms with E-state index >= 15 is 0 Å². The van der Waals surface area contributed by atoms with Gasteiger partial charge in [-0.2, -0.15) is 14.0 Å².